The minimum absolute atomic E-state index is 0.236. The van der Waals surface area contributed by atoms with E-state index in [1.165, 1.54) is 0 Å². The molecule has 0 N–H and O–H groups in total. The van der Waals surface area contributed by atoms with Crippen molar-refractivity contribution in [2.45, 2.75) is 18.3 Å². The third kappa shape index (κ3) is 2.46. The number of hydrogen-bond acceptors (Lipinski definition) is 4. The lowest BCUT2D eigenvalue weighted by Crippen LogP contribution is -2.39. The molecule has 24 heavy (non-hydrogen) atoms. The van der Waals surface area contributed by atoms with Crippen molar-refractivity contribution < 1.29 is 9.53 Å². The zero-order valence-electron chi connectivity index (χ0n) is 13.1. The molecule has 0 saturated heterocycles. The van der Waals surface area contributed by atoms with Crippen molar-refractivity contribution in [2.75, 3.05) is 0 Å². The van der Waals surface area contributed by atoms with Gasteiger partial charge in [0.05, 0.1) is 0 Å². The zero-order chi connectivity index (χ0) is 16.4. The molecule has 3 aromatic rings. The van der Waals surface area contributed by atoms with Crippen LogP contribution in [0.25, 0.3) is 0 Å². The molecule has 4 heteroatoms. The van der Waals surface area contributed by atoms with E-state index in [9.17, 15) is 4.79 Å². The fraction of sp³-hybridized carbons (Fsp3) is 0.150. The van der Waals surface area contributed by atoms with Gasteiger partial charge in [-0.3, -0.25) is 14.8 Å². The van der Waals surface area contributed by atoms with Gasteiger partial charge in [-0.2, -0.15) is 0 Å². The van der Waals surface area contributed by atoms with Crippen LogP contribution in [0, 0.1) is 0 Å². The normalized spacial score (nSPS) is 14.9. The Labute approximate surface area is 140 Å². The van der Waals surface area contributed by atoms with Crippen molar-refractivity contribution >= 4 is 5.97 Å². The SMILES string of the molecule is O=C1Oc2ccccc2C1(Cc1ccccn1)Cc1ccccn1. The molecule has 2 aromatic heterocycles. The summed E-state index contributed by atoms with van der Waals surface area (Å²) in [7, 11) is 0. The molecule has 0 atom stereocenters. The second kappa shape index (κ2) is 5.89. The summed E-state index contributed by atoms with van der Waals surface area (Å²) < 4.78 is 5.57. The summed E-state index contributed by atoms with van der Waals surface area (Å²) in [5.41, 5.74) is 1.84. The first kappa shape index (κ1) is 14.6. The maximum atomic E-state index is 12.9. The molecule has 0 bridgehead atoms. The Kier molecular flexibility index (Phi) is 3.58. The van der Waals surface area contributed by atoms with Gasteiger partial charge in [-0.15, -0.1) is 0 Å². The van der Waals surface area contributed by atoms with Crippen LogP contribution in [0.15, 0.2) is 73.1 Å². The number of nitrogens with zero attached hydrogens (tertiary/aromatic N) is 2. The lowest BCUT2D eigenvalue weighted by Gasteiger charge is -2.25. The first-order valence-corrected chi connectivity index (χ1v) is 7.89. The minimum atomic E-state index is -0.792. The van der Waals surface area contributed by atoms with Crippen LogP contribution in [0.5, 0.6) is 5.75 Å². The number of esters is 1. The summed E-state index contributed by atoms with van der Waals surface area (Å²) in [5.74, 6) is 0.398. The Morgan fingerprint density at radius 1 is 0.792 bits per heavy atom. The lowest BCUT2D eigenvalue weighted by atomic mass is 9.74. The Bertz CT molecular complexity index is 822. The van der Waals surface area contributed by atoms with Gasteiger partial charge in [0.2, 0.25) is 0 Å². The van der Waals surface area contributed by atoms with Gasteiger partial charge in [0.1, 0.15) is 11.2 Å². The summed E-state index contributed by atoms with van der Waals surface area (Å²) in [4.78, 5) is 21.7. The average Bonchev–Trinajstić information content (AvgIpc) is 2.89. The number of ether oxygens (including phenoxy) is 1. The minimum Gasteiger partial charge on any atom is -0.426 e. The smallest absolute Gasteiger partial charge is 0.322 e. The Balaban J connectivity index is 1.82. The Morgan fingerprint density at radius 3 is 1.96 bits per heavy atom. The number of rotatable bonds is 4. The largest absolute Gasteiger partial charge is 0.426 e. The number of pyridine rings is 2. The molecular formula is C20H16N2O2. The summed E-state index contributed by atoms with van der Waals surface area (Å²) in [5, 5.41) is 0. The molecule has 4 nitrogen and oxygen atoms in total. The highest BCUT2D eigenvalue weighted by Gasteiger charge is 2.49. The number of hydrogen-bond donors (Lipinski definition) is 0. The fourth-order valence-corrected chi connectivity index (χ4v) is 3.28. The number of benzene rings is 1. The second-order valence-corrected chi connectivity index (χ2v) is 5.96. The third-order valence-corrected chi connectivity index (χ3v) is 4.41. The molecule has 0 unspecified atom stereocenters. The lowest BCUT2D eigenvalue weighted by molar-refractivity contribution is -0.138. The molecule has 118 valence electrons. The van der Waals surface area contributed by atoms with Crippen LogP contribution in [-0.4, -0.2) is 15.9 Å². The predicted octanol–water partition coefficient (Wildman–Crippen LogP) is 3.12. The quantitative estimate of drug-likeness (QED) is 0.548. The molecule has 0 aliphatic carbocycles. The standard InChI is InChI=1S/C20H16N2O2/c23-19-20(13-15-7-3-5-11-21-15,14-16-8-4-6-12-22-16)17-9-1-2-10-18(17)24-19/h1-12H,13-14H2. The van der Waals surface area contributed by atoms with Gasteiger partial charge >= 0.3 is 5.97 Å². The van der Waals surface area contributed by atoms with Crippen molar-refractivity contribution in [3.8, 4) is 5.75 Å². The molecule has 1 aromatic carbocycles. The molecule has 3 heterocycles. The third-order valence-electron chi connectivity index (χ3n) is 4.41. The van der Waals surface area contributed by atoms with Crippen molar-refractivity contribution in [3.05, 3.63) is 90.0 Å². The monoisotopic (exact) mass is 316 g/mol. The first-order valence-electron chi connectivity index (χ1n) is 7.89. The van der Waals surface area contributed by atoms with E-state index >= 15 is 0 Å². The van der Waals surface area contributed by atoms with E-state index in [-0.39, 0.29) is 5.97 Å². The summed E-state index contributed by atoms with van der Waals surface area (Å²) in [6.45, 7) is 0. The highest BCUT2D eigenvalue weighted by Crippen LogP contribution is 2.43. The van der Waals surface area contributed by atoms with E-state index in [1.807, 2.05) is 60.7 Å². The predicted molar refractivity (Wildman–Crippen MR) is 89.6 cm³/mol. The van der Waals surface area contributed by atoms with Crippen molar-refractivity contribution in [2.24, 2.45) is 0 Å². The summed E-state index contributed by atoms with van der Waals surface area (Å²) in [6, 6.07) is 19.1. The molecular weight excluding hydrogens is 300 g/mol. The number of fused-ring (bicyclic) bond motifs is 1. The van der Waals surface area contributed by atoms with Gasteiger partial charge in [0.15, 0.2) is 0 Å². The molecule has 0 radical (unpaired) electrons. The van der Waals surface area contributed by atoms with Crippen LogP contribution < -0.4 is 4.74 Å². The van der Waals surface area contributed by atoms with E-state index < -0.39 is 5.41 Å². The Morgan fingerprint density at radius 2 is 1.38 bits per heavy atom. The molecule has 1 aliphatic heterocycles. The van der Waals surface area contributed by atoms with Gasteiger partial charge in [0, 0.05) is 42.2 Å². The van der Waals surface area contributed by atoms with Gasteiger partial charge < -0.3 is 4.74 Å². The van der Waals surface area contributed by atoms with Gasteiger partial charge in [-0.05, 0) is 30.3 Å². The summed E-state index contributed by atoms with van der Waals surface area (Å²) >= 11 is 0. The van der Waals surface area contributed by atoms with Crippen molar-refractivity contribution in [1.82, 2.24) is 9.97 Å². The van der Waals surface area contributed by atoms with Crippen LogP contribution in [0.1, 0.15) is 17.0 Å². The molecule has 0 amide bonds. The van der Waals surface area contributed by atoms with E-state index in [4.69, 9.17) is 4.74 Å². The molecule has 0 spiro atoms. The maximum absolute atomic E-state index is 12.9. The van der Waals surface area contributed by atoms with Crippen LogP contribution in [-0.2, 0) is 23.1 Å². The van der Waals surface area contributed by atoms with Crippen LogP contribution in [0.3, 0.4) is 0 Å². The number of para-hydroxylation sites is 1. The number of aromatic nitrogens is 2. The molecule has 1 aliphatic rings. The second-order valence-electron chi connectivity index (χ2n) is 5.96. The molecule has 0 saturated carbocycles. The van der Waals surface area contributed by atoms with Gasteiger partial charge in [-0.1, -0.05) is 30.3 Å². The molecule has 4 rings (SSSR count). The molecule has 0 fully saturated rings. The van der Waals surface area contributed by atoms with E-state index in [2.05, 4.69) is 9.97 Å². The van der Waals surface area contributed by atoms with Crippen LogP contribution in [0.2, 0.25) is 0 Å². The maximum Gasteiger partial charge on any atom is 0.322 e. The van der Waals surface area contributed by atoms with Crippen molar-refractivity contribution in [3.63, 3.8) is 0 Å². The highest BCUT2D eigenvalue weighted by molar-refractivity contribution is 5.91. The fourth-order valence-electron chi connectivity index (χ4n) is 3.28. The van der Waals surface area contributed by atoms with E-state index in [1.54, 1.807) is 12.4 Å². The van der Waals surface area contributed by atoms with Gasteiger partial charge in [0.25, 0.3) is 0 Å². The van der Waals surface area contributed by atoms with E-state index in [0.717, 1.165) is 17.0 Å². The summed E-state index contributed by atoms with van der Waals surface area (Å²) in [6.07, 6.45) is 4.46. The number of carbonyl (C=O) groups excluding carboxylic acids is 1. The topological polar surface area (TPSA) is 52.1 Å². The van der Waals surface area contributed by atoms with E-state index in [0.29, 0.717) is 18.6 Å². The van der Waals surface area contributed by atoms with Crippen LogP contribution >= 0.6 is 0 Å². The average molecular weight is 316 g/mol. The highest BCUT2D eigenvalue weighted by atomic mass is 16.5. The van der Waals surface area contributed by atoms with Crippen LogP contribution in [0.4, 0.5) is 0 Å². The van der Waals surface area contributed by atoms with Gasteiger partial charge in [-0.25, -0.2) is 0 Å². The Hall–Kier alpha value is -3.01. The first-order chi connectivity index (χ1) is 11.8. The number of carbonyl (C=O) groups is 1. The zero-order valence-corrected chi connectivity index (χ0v) is 13.1. The van der Waals surface area contributed by atoms with Crippen molar-refractivity contribution in [1.29, 1.82) is 0 Å².